The number of carbonyl (C=O) groups is 1. The second kappa shape index (κ2) is 13.5. The number of nitrogen functional groups attached to an aromatic ring is 1. The first kappa shape index (κ1) is 32.1. The fourth-order valence-electron chi connectivity index (χ4n) is 6.55. The fourth-order valence-corrected chi connectivity index (χ4v) is 6.55. The number of anilines is 1. The molecule has 6 rings (SSSR count). The molecule has 0 spiro atoms. The van der Waals surface area contributed by atoms with E-state index < -0.39 is 11.4 Å². The summed E-state index contributed by atoms with van der Waals surface area (Å²) in [6, 6.07) is 15.7. The molecule has 2 saturated heterocycles. The summed E-state index contributed by atoms with van der Waals surface area (Å²) in [6.07, 6.45) is 4.59. The monoisotopic (exact) mass is 637 g/mol. The lowest BCUT2D eigenvalue weighted by molar-refractivity contribution is -0.128. The second-order valence-corrected chi connectivity index (χ2v) is 12.6. The van der Waals surface area contributed by atoms with Gasteiger partial charge in [-0.15, -0.1) is 0 Å². The van der Waals surface area contributed by atoms with E-state index in [1.165, 1.54) is 12.4 Å². The van der Waals surface area contributed by atoms with Gasteiger partial charge < -0.3 is 20.3 Å². The number of rotatable bonds is 8. The van der Waals surface area contributed by atoms with Crippen molar-refractivity contribution in [2.45, 2.75) is 45.2 Å². The van der Waals surface area contributed by atoms with E-state index in [9.17, 15) is 10.1 Å². The average molecular weight is 638 g/mol. The molecule has 2 aromatic heterocycles. The van der Waals surface area contributed by atoms with E-state index in [1.54, 1.807) is 33.8 Å². The molecule has 0 radical (unpaired) electrons. The largest absolute Gasteiger partial charge is 0.457 e. The molecule has 2 aliphatic rings. The third-order valence-electron chi connectivity index (χ3n) is 9.21. The molecule has 47 heavy (non-hydrogen) atoms. The topological polar surface area (TPSA) is 129 Å². The molecule has 1 unspecified atom stereocenters. The summed E-state index contributed by atoms with van der Waals surface area (Å²) in [7, 11) is 0. The lowest BCUT2D eigenvalue weighted by Crippen LogP contribution is -2.54. The number of hydrogen-bond donors (Lipinski definition) is 1. The van der Waals surface area contributed by atoms with E-state index in [1.807, 2.05) is 24.3 Å². The van der Waals surface area contributed by atoms with Crippen molar-refractivity contribution in [1.82, 2.24) is 34.4 Å². The molecule has 4 heterocycles. The Morgan fingerprint density at radius 3 is 2.57 bits per heavy atom. The quantitative estimate of drug-likeness (QED) is 0.209. The first-order valence-corrected chi connectivity index (χ1v) is 16.1. The van der Waals surface area contributed by atoms with Crippen molar-refractivity contribution in [3.05, 3.63) is 72.3 Å². The van der Waals surface area contributed by atoms with Crippen molar-refractivity contribution in [3.8, 4) is 28.8 Å². The van der Waals surface area contributed by atoms with Crippen LogP contribution in [0.5, 0.6) is 11.5 Å². The van der Waals surface area contributed by atoms with Crippen LogP contribution in [0.25, 0.3) is 22.3 Å². The highest BCUT2D eigenvalue weighted by Gasteiger charge is 2.33. The van der Waals surface area contributed by atoms with Gasteiger partial charge in [0.1, 0.15) is 46.8 Å². The van der Waals surface area contributed by atoms with Crippen molar-refractivity contribution in [1.29, 1.82) is 5.26 Å². The first-order valence-electron chi connectivity index (χ1n) is 16.1. The number of amides is 1. The second-order valence-electron chi connectivity index (χ2n) is 12.6. The number of nitriles is 1. The van der Waals surface area contributed by atoms with Crippen LogP contribution < -0.4 is 10.5 Å². The molecular weight excluding hydrogens is 597 g/mol. The van der Waals surface area contributed by atoms with Gasteiger partial charge in [0.2, 0.25) is 0 Å². The molecule has 244 valence electrons. The lowest BCUT2D eigenvalue weighted by Gasteiger charge is -2.42. The minimum atomic E-state index is -0.531. The molecule has 2 aliphatic heterocycles. The summed E-state index contributed by atoms with van der Waals surface area (Å²) in [5.74, 6) is 0.288. The number of aromatic nitrogens is 4. The predicted octanol–water partition coefficient (Wildman–Crippen LogP) is 5.04. The Morgan fingerprint density at radius 2 is 1.87 bits per heavy atom. The number of nitrogens with zero attached hydrogens (tertiary/aromatic N) is 8. The van der Waals surface area contributed by atoms with Crippen LogP contribution in [0, 0.1) is 17.1 Å². The fraction of sp³-hybridized carbons (Fsp3) is 0.400. The van der Waals surface area contributed by atoms with Gasteiger partial charge in [-0.05, 0) is 63.6 Å². The van der Waals surface area contributed by atoms with Crippen LogP contribution in [0.1, 0.15) is 39.7 Å². The van der Waals surface area contributed by atoms with Gasteiger partial charge in [0.15, 0.2) is 5.65 Å². The van der Waals surface area contributed by atoms with E-state index in [-0.39, 0.29) is 28.9 Å². The zero-order chi connectivity index (χ0) is 33.1. The van der Waals surface area contributed by atoms with Crippen LogP contribution in [0.15, 0.2) is 66.5 Å². The van der Waals surface area contributed by atoms with Crippen molar-refractivity contribution in [2.24, 2.45) is 0 Å². The predicted molar refractivity (Wildman–Crippen MR) is 178 cm³/mol. The van der Waals surface area contributed by atoms with E-state index in [0.717, 1.165) is 39.1 Å². The zero-order valence-electron chi connectivity index (χ0n) is 27.1. The Morgan fingerprint density at radius 1 is 1.11 bits per heavy atom. The summed E-state index contributed by atoms with van der Waals surface area (Å²) in [5, 5.41) is 15.4. The smallest absolute Gasteiger partial charge is 0.264 e. The molecule has 1 atom stereocenters. The van der Waals surface area contributed by atoms with Crippen molar-refractivity contribution >= 4 is 22.8 Å². The van der Waals surface area contributed by atoms with Crippen LogP contribution in [0.2, 0.25) is 0 Å². The number of ether oxygens (including phenoxy) is 1. The molecule has 0 aliphatic carbocycles. The normalized spacial score (nSPS) is 18.3. The van der Waals surface area contributed by atoms with Crippen LogP contribution in [-0.4, -0.2) is 91.7 Å². The summed E-state index contributed by atoms with van der Waals surface area (Å²) >= 11 is 0. The Hall–Kier alpha value is -4.86. The standard InChI is InChI=1S/C35H40FN9O2/c1-4-42-15-17-44(18-16-42)35(2,3)20-24(21-37)34(46)43-14-8-9-25(22-43)45-33-30(32(38)39-23-40-33)31(41-45)28-13-12-27(19-29(28)36)47-26-10-6-5-7-11-26/h5-7,10-13,19-20,23,25H,4,8-9,14-18,22H2,1-3H3,(H2,38,39,40)/b24-20+. The maximum atomic E-state index is 15.6. The van der Waals surface area contributed by atoms with E-state index in [0.29, 0.717) is 47.7 Å². The number of halogens is 1. The lowest BCUT2D eigenvalue weighted by atomic mass is 9.96. The van der Waals surface area contributed by atoms with Crippen LogP contribution in [-0.2, 0) is 4.79 Å². The first-order chi connectivity index (χ1) is 22.7. The van der Waals surface area contributed by atoms with Gasteiger partial charge in [0, 0.05) is 56.4 Å². The van der Waals surface area contributed by atoms with Gasteiger partial charge in [0.25, 0.3) is 5.91 Å². The van der Waals surface area contributed by atoms with E-state index in [4.69, 9.17) is 15.6 Å². The molecule has 12 heteroatoms. The number of nitrogens with two attached hydrogens (primary N) is 1. The maximum Gasteiger partial charge on any atom is 0.264 e. The number of piperazine rings is 1. The Labute approximate surface area is 274 Å². The molecule has 11 nitrogen and oxygen atoms in total. The van der Waals surface area contributed by atoms with Gasteiger partial charge in [-0.25, -0.2) is 19.0 Å². The van der Waals surface area contributed by atoms with Crippen LogP contribution in [0.3, 0.4) is 0 Å². The number of likely N-dealkylation sites (tertiary alicyclic amines) is 1. The van der Waals surface area contributed by atoms with Gasteiger partial charge in [-0.2, -0.15) is 10.4 Å². The number of likely N-dealkylation sites (N-methyl/N-ethyl adjacent to an activating group) is 1. The molecular formula is C35H40FN9O2. The molecule has 0 saturated carbocycles. The Kier molecular flexibility index (Phi) is 9.20. The van der Waals surface area contributed by atoms with Gasteiger partial charge in [-0.1, -0.05) is 25.1 Å². The number of piperidine rings is 1. The minimum Gasteiger partial charge on any atom is -0.457 e. The third kappa shape index (κ3) is 6.68. The molecule has 0 bridgehead atoms. The minimum absolute atomic E-state index is 0.131. The molecule has 4 aromatic rings. The molecule has 2 fully saturated rings. The molecule has 2 N–H and O–H groups in total. The van der Waals surface area contributed by atoms with Gasteiger partial charge in [-0.3, -0.25) is 9.69 Å². The van der Waals surface area contributed by atoms with Gasteiger partial charge >= 0.3 is 0 Å². The summed E-state index contributed by atoms with van der Waals surface area (Å²) in [4.78, 5) is 28.9. The third-order valence-corrected chi connectivity index (χ3v) is 9.21. The number of para-hydroxylation sites is 1. The van der Waals surface area contributed by atoms with Gasteiger partial charge in [0.05, 0.1) is 11.4 Å². The summed E-state index contributed by atoms with van der Waals surface area (Å²) in [6.45, 7) is 11.8. The van der Waals surface area contributed by atoms with E-state index in [2.05, 4.69) is 46.6 Å². The number of fused-ring (bicyclic) bond motifs is 1. The van der Waals surface area contributed by atoms with Crippen molar-refractivity contribution in [2.75, 3.05) is 51.5 Å². The molecule has 1 amide bonds. The number of benzene rings is 2. The Balaban J connectivity index is 1.26. The SMILES string of the molecule is CCN1CCN(C(C)(C)/C=C(\C#N)C(=O)N2CCCC(n3nc(-c4ccc(Oc5ccccc5)cc4F)c4c(N)ncnc43)C2)CC1. The van der Waals surface area contributed by atoms with Crippen LogP contribution >= 0.6 is 0 Å². The number of carbonyl (C=O) groups excluding carboxylic acids is 1. The zero-order valence-corrected chi connectivity index (χ0v) is 27.1. The highest BCUT2D eigenvalue weighted by Crippen LogP contribution is 2.36. The highest BCUT2D eigenvalue weighted by atomic mass is 19.1. The summed E-state index contributed by atoms with van der Waals surface area (Å²) < 4.78 is 23.2. The van der Waals surface area contributed by atoms with E-state index >= 15 is 4.39 Å². The highest BCUT2D eigenvalue weighted by molar-refractivity contribution is 5.99. The van der Waals surface area contributed by atoms with Crippen molar-refractivity contribution < 1.29 is 13.9 Å². The van der Waals surface area contributed by atoms with Crippen LogP contribution in [0.4, 0.5) is 10.2 Å². The Bertz CT molecular complexity index is 1820. The maximum absolute atomic E-state index is 15.6. The average Bonchev–Trinajstić information content (AvgIpc) is 3.48. The molecule has 2 aromatic carbocycles. The number of hydrogen-bond acceptors (Lipinski definition) is 9. The summed E-state index contributed by atoms with van der Waals surface area (Å²) in [5.41, 5.74) is 7.00. The van der Waals surface area contributed by atoms with Crippen molar-refractivity contribution in [3.63, 3.8) is 0 Å².